The Morgan fingerprint density at radius 3 is 2.45 bits per heavy atom. The molecule has 0 fully saturated rings. The van der Waals surface area contributed by atoms with Crippen molar-refractivity contribution in [3.05, 3.63) is 35.7 Å². The van der Waals surface area contributed by atoms with Crippen LogP contribution in [0.2, 0.25) is 0 Å². The molecule has 1 aromatic carbocycles. The molecule has 0 atom stereocenters. The predicted molar refractivity (Wildman–Crippen MR) is 88.3 cm³/mol. The van der Waals surface area contributed by atoms with Gasteiger partial charge in [0.25, 0.3) is 11.8 Å². The van der Waals surface area contributed by atoms with E-state index in [1.165, 1.54) is 0 Å². The Labute approximate surface area is 137 Å². The molecule has 0 unspecified atom stereocenters. The standard InChI is InChI=1S/C16H21N3O2.ClH/c1-6-19(5)14(20)12-10-8-7-9-11(12)13-17-15(18-21-13)16(2,3)4;/h7-10H,6H2,1-5H3;1H. The molecule has 0 bridgehead atoms. The fourth-order valence-corrected chi connectivity index (χ4v) is 1.84. The number of halogens is 1. The normalized spacial score (nSPS) is 11.0. The molecule has 0 saturated carbocycles. The van der Waals surface area contributed by atoms with E-state index in [1.54, 1.807) is 18.0 Å². The minimum Gasteiger partial charge on any atom is -0.342 e. The Kier molecular flexibility index (Phi) is 5.72. The number of aromatic nitrogens is 2. The van der Waals surface area contributed by atoms with Gasteiger partial charge in [0, 0.05) is 19.0 Å². The molecule has 2 aromatic rings. The van der Waals surface area contributed by atoms with Gasteiger partial charge in [0.05, 0.1) is 11.1 Å². The van der Waals surface area contributed by atoms with Gasteiger partial charge in [-0.15, -0.1) is 12.4 Å². The lowest BCUT2D eigenvalue weighted by atomic mass is 9.96. The summed E-state index contributed by atoms with van der Waals surface area (Å²) in [6, 6.07) is 7.31. The highest BCUT2D eigenvalue weighted by Gasteiger charge is 2.24. The van der Waals surface area contributed by atoms with Crippen molar-refractivity contribution in [2.75, 3.05) is 13.6 Å². The monoisotopic (exact) mass is 323 g/mol. The van der Waals surface area contributed by atoms with Crippen molar-refractivity contribution in [2.45, 2.75) is 33.1 Å². The van der Waals surface area contributed by atoms with Crippen molar-refractivity contribution in [1.82, 2.24) is 15.0 Å². The van der Waals surface area contributed by atoms with Crippen LogP contribution < -0.4 is 0 Å². The van der Waals surface area contributed by atoms with Crippen molar-refractivity contribution in [2.24, 2.45) is 0 Å². The highest BCUT2D eigenvalue weighted by Crippen LogP contribution is 2.26. The summed E-state index contributed by atoms with van der Waals surface area (Å²) < 4.78 is 5.35. The average Bonchev–Trinajstić information content (AvgIpc) is 2.95. The smallest absolute Gasteiger partial charge is 0.258 e. The van der Waals surface area contributed by atoms with Gasteiger partial charge in [0.1, 0.15) is 0 Å². The van der Waals surface area contributed by atoms with Crippen molar-refractivity contribution < 1.29 is 9.32 Å². The number of carbonyl (C=O) groups excluding carboxylic acids is 1. The summed E-state index contributed by atoms with van der Waals surface area (Å²) in [5.41, 5.74) is 1.05. The Morgan fingerprint density at radius 1 is 1.27 bits per heavy atom. The summed E-state index contributed by atoms with van der Waals surface area (Å²) in [6.45, 7) is 8.63. The average molecular weight is 324 g/mol. The van der Waals surface area contributed by atoms with Crippen LogP contribution in [0.4, 0.5) is 0 Å². The van der Waals surface area contributed by atoms with E-state index in [-0.39, 0.29) is 23.7 Å². The number of nitrogens with zero attached hydrogens (tertiary/aromatic N) is 3. The van der Waals surface area contributed by atoms with E-state index in [9.17, 15) is 4.79 Å². The van der Waals surface area contributed by atoms with Crippen LogP contribution in [0.5, 0.6) is 0 Å². The zero-order chi connectivity index (χ0) is 15.6. The number of hydrogen-bond acceptors (Lipinski definition) is 4. The molecule has 0 saturated heterocycles. The van der Waals surface area contributed by atoms with Gasteiger partial charge in [-0.25, -0.2) is 0 Å². The van der Waals surface area contributed by atoms with E-state index in [2.05, 4.69) is 10.1 Å². The number of rotatable bonds is 3. The van der Waals surface area contributed by atoms with Gasteiger partial charge in [-0.05, 0) is 19.1 Å². The topological polar surface area (TPSA) is 59.2 Å². The Hall–Kier alpha value is -1.88. The first-order chi connectivity index (χ1) is 9.84. The summed E-state index contributed by atoms with van der Waals surface area (Å²) in [7, 11) is 1.77. The summed E-state index contributed by atoms with van der Waals surface area (Å²) in [5.74, 6) is 0.959. The van der Waals surface area contributed by atoms with Gasteiger partial charge in [0.2, 0.25) is 0 Å². The van der Waals surface area contributed by atoms with Gasteiger partial charge in [-0.2, -0.15) is 4.98 Å². The van der Waals surface area contributed by atoms with Crippen LogP contribution in [0.25, 0.3) is 11.5 Å². The third-order valence-corrected chi connectivity index (χ3v) is 3.31. The molecule has 5 nitrogen and oxygen atoms in total. The quantitative estimate of drug-likeness (QED) is 0.866. The lowest BCUT2D eigenvalue weighted by Crippen LogP contribution is -2.26. The Morgan fingerprint density at radius 2 is 1.91 bits per heavy atom. The second kappa shape index (κ2) is 6.92. The molecule has 0 radical (unpaired) electrons. The van der Waals surface area contributed by atoms with E-state index < -0.39 is 0 Å². The lowest BCUT2D eigenvalue weighted by Gasteiger charge is -2.15. The molecular formula is C16H22ClN3O2. The van der Waals surface area contributed by atoms with Gasteiger partial charge in [-0.3, -0.25) is 4.79 Å². The molecule has 1 amide bonds. The highest BCUT2D eigenvalue weighted by molar-refractivity contribution is 5.99. The molecule has 120 valence electrons. The van der Waals surface area contributed by atoms with Gasteiger partial charge >= 0.3 is 0 Å². The van der Waals surface area contributed by atoms with Crippen LogP contribution in [0.3, 0.4) is 0 Å². The molecule has 0 aliphatic rings. The van der Waals surface area contributed by atoms with Crippen LogP contribution >= 0.6 is 12.4 Å². The fraction of sp³-hybridized carbons (Fsp3) is 0.438. The molecule has 0 N–H and O–H groups in total. The fourth-order valence-electron chi connectivity index (χ4n) is 1.84. The summed E-state index contributed by atoms with van der Waals surface area (Å²) >= 11 is 0. The molecule has 6 heteroatoms. The van der Waals surface area contributed by atoms with Crippen LogP contribution in [-0.2, 0) is 5.41 Å². The predicted octanol–water partition coefficient (Wildman–Crippen LogP) is 3.55. The summed E-state index contributed by atoms with van der Waals surface area (Å²) in [5, 5.41) is 4.02. The number of carbonyl (C=O) groups is 1. The van der Waals surface area contributed by atoms with E-state index in [0.29, 0.717) is 29.4 Å². The molecule has 0 aliphatic heterocycles. The minimum absolute atomic E-state index is 0. The largest absolute Gasteiger partial charge is 0.342 e. The minimum atomic E-state index is -0.194. The van der Waals surface area contributed by atoms with Gasteiger partial charge in [0.15, 0.2) is 5.82 Å². The Balaban J connectivity index is 0.00000242. The van der Waals surface area contributed by atoms with Crippen molar-refractivity contribution >= 4 is 18.3 Å². The third kappa shape index (κ3) is 3.65. The van der Waals surface area contributed by atoms with E-state index in [4.69, 9.17) is 4.52 Å². The van der Waals surface area contributed by atoms with Gasteiger partial charge < -0.3 is 9.42 Å². The van der Waals surface area contributed by atoms with Crippen LogP contribution in [0.1, 0.15) is 43.9 Å². The molecule has 22 heavy (non-hydrogen) atoms. The van der Waals surface area contributed by atoms with Crippen LogP contribution in [-0.4, -0.2) is 34.5 Å². The van der Waals surface area contributed by atoms with E-state index in [0.717, 1.165) is 0 Å². The maximum absolute atomic E-state index is 12.4. The maximum Gasteiger partial charge on any atom is 0.258 e. The van der Waals surface area contributed by atoms with Crippen molar-refractivity contribution in [3.63, 3.8) is 0 Å². The summed E-state index contributed by atoms with van der Waals surface area (Å²) in [6.07, 6.45) is 0. The lowest BCUT2D eigenvalue weighted by molar-refractivity contribution is 0.0803. The van der Waals surface area contributed by atoms with E-state index in [1.807, 2.05) is 45.9 Å². The Bertz CT molecular complexity index is 647. The molecule has 0 aliphatic carbocycles. The zero-order valence-electron chi connectivity index (χ0n) is 13.6. The molecule has 2 rings (SSSR count). The highest BCUT2D eigenvalue weighted by atomic mass is 35.5. The first-order valence-electron chi connectivity index (χ1n) is 7.03. The second-order valence-electron chi connectivity index (χ2n) is 6.04. The number of benzene rings is 1. The summed E-state index contributed by atoms with van der Waals surface area (Å²) in [4.78, 5) is 18.5. The van der Waals surface area contributed by atoms with Crippen LogP contribution in [0.15, 0.2) is 28.8 Å². The number of amides is 1. The first-order valence-corrected chi connectivity index (χ1v) is 7.03. The van der Waals surface area contributed by atoms with Gasteiger partial charge in [-0.1, -0.05) is 38.1 Å². The third-order valence-electron chi connectivity index (χ3n) is 3.31. The van der Waals surface area contributed by atoms with E-state index >= 15 is 0 Å². The first kappa shape index (κ1) is 18.2. The molecule has 1 aromatic heterocycles. The zero-order valence-corrected chi connectivity index (χ0v) is 14.4. The molecule has 1 heterocycles. The van der Waals surface area contributed by atoms with Crippen molar-refractivity contribution in [3.8, 4) is 11.5 Å². The maximum atomic E-state index is 12.4. The van der Waals surface area contributed by atoms with Crippen molar-refractivity contribution in [1.29, 1.82) is 0 Å². The second-order valence-corrected chi connectivity index (χ2v) is 6.04. The van der Waals surface area contributed by atoms with Crippen LogP contribution in [0, 0.1) is 0 Å². The number of hydrogen-bond donors (Lipinski definition) is 0. The molecule has 0 spiro atoms. The molecular weight excluding hydrogens is 302 g/mol. The SMILES string of the molecule is CCN(C)C(=O)c1ccccc1-c1nc(C(C)(C)C)no1.Cl.